The van der Waals surface area contributed by atoms with Gasteiger partial charge in [0.15, 0.2) is 0 Å². The lowest BCUT2D eigenvalue weighted by atomic mass is 10.1. The summed E-state index contributed by atoms with van der Waals surface area (Å²) in [4.78, 5) is 11.4. The van der Waals surface area contributed by atoms with Crippen molar-refractivity contribution >= 4 is 11.6 Å². The van der Waals surface area contributed by atoms with E-state index in [-0.39, 0.29) is 5.91 Å². The zero-order valence-electron chi connectivity index (χ0n) is 10.3. The highest BCUT2D eigenvalue weighted by atomic mass is 16.1. The molecule has 0 aromatic heterocycles. The Balaban J connectivity index is 2.51. The molecule has 1 aromatic rings. The average Bonchev–Trinajstić information content (AvgIpc) is 2.25. The van der Waals surface area contributed by atoms with E-state index in [1.807, 2.05) is 39.0 Å². The molecule has 0 unspecified atom stereocenters. The summed E-state index contributed by atoms with van der Waals surface area (Å²) < 4.78 is 0. The van der Waals surface area contributed by atoms with Crippen LogP contribution in [-0.4, -0.2) is 19.0 Å². The van der Waals surface area contributed by atoms with E-state index < -0.39 is 0 Å². The van der Waals surface area contributed by atoms with Gasteiger partial charge in [-0.2, -0.15) is 0 Å². The van der Waals surface area contributed by atoms with Crippen molar-refractivity contribution < 1.29 is 4.79 Å². The minimum Gasteiger partial charge on any atom is -0.376 e. The van der Waals surface area contributed by atoms with Gasteiger partial charge in [-0.3, -0.25) is 4.79 Å². The molecule has 0 radical (unpaired) electrons. The second-order valence-corrected chi connectivity index (χ2v) is 3.97. The fraction of sp³-hybridized carbons (Fsp3) is 0.462. The average molecular weight is 220 g/mol. The highest BCUT2D eigenvalue weighted by Gasteiger charge is 2.03. The van der Waals surface area contributed by atoms with Gasteiger partial charge >= 0.3 is 0 Å². The van der Waals surface area contributed by atoms with E-state index in [4.69, 9.17) is 0 Å². The lowest BCUT2D eigenvalue weighted by molar-refractivity contribution is -0.119. The highest BCUT2D eigenvalue weighted by Crippen LogP contribution is 2.18. The van der Waals surface area contributed by atoms with E-state index in [2.05, 4.69) is 10.6 Å². The van der Waals surface area contributed by atoms with Crippen molar-refractivity contribution in [2.45, 2.75) is 27.2 Å². The zero-order chi connectivity index (χ0) is 12.0. The van der Waals surface area contributed by atoms with Crippen LogP contribution in [0.4, 0.5) is 5.69 Å². The number of benzene rings is 1. The Morgan fingerprint density at radius 3 is 2.44 bits per heavy atom. The zero-order valence-corrected chi connectivity index (χ0v) is 10.3. The van der Waals surface area contributed by atoms with E-state index in [0.717, 1.165) is 18.7 Å². The minimum absolute atomic E-state index is 0.0458. The standard InChI is InChI=1S/C13H20N2O/c1-4-8-14-12(16)9-15-13-10(2)6-5-7-11(13)3/h5-7,15H,4,8-9H2,1-3H3,(H,14,16). The van der Waals surface area contributed by atoms with Gasteiger partial charge in [-0.25, -0.2) is 0 Å². The Morgan fingerprint density at radius 1 is 1.25 bits per heavy atom. The van der Waals surface area contributed by atoms with Crippen molar-refractivity contribution in [3.8, 4) is 0 Å². The van der Waals surface area contributed by atoms with E-state index in [0.29, 0.717) is 6.54 Å². The maximum atomic E-state index is 11.4. The molecule has 16 heavy (non-hydrogen) atoms. The third kappa shape index (κ3) is 3.57. The third-order valence-electron chi connectivity index (χ3n) is 2.48. The first-order valence-corrected chi connectivity index (χ1v) is 5.72. The predicted molar refractivity (Wildman–Crippen MR) is 67.7 cm³/mol. The normalized spacial score (nSPS) is 9.94. The molecular formula is C13H20N2O. The minimum atomic E-state index is 0.0458. The Hall–Kier alpha value is -1.51. The first-order valence-electron chi connectivity index (χ1n) is 5.72. The van der Waals surface area contributed by atoms with Gasteiger partial charge in [-0.15, -0.1) is 0 Å². The van der Waals surface area contributed by atoms with Gasteiger partial charge in [-0.1, -0.05) is 25.1 Å². The second kappa shape index (κ2) is 6.16. The highest BCUT2D eigenvalue weighted by molar-refractivity contribution is 5.81. The number of carbonyl (C=O) groups excluding carboxylic acids is 1. The molecule has 1 amide bonds. The van der Waals surface area contributed by atoms with Crippen LogP contribution in [0, 0.1) is 13.8 Å². The van der Waals surface area contributed by atoms with Gasteiger partial charge in [-0.05, 0) is 31.4 Å². The van der Waals surface area contributed by atoms with Crippen LogP contribution >= 0.6 is 0 Å². The lowest BCUT2D eigenvalue weighted by Crippen LogP contribution is -2.30. The fourth-order valence-electron chi connectivity index (χ4n) is 1.59. The SMILES string of the molecule is CCCNC(=O)CNc1c(C)cccc1C. The summed E-state index contributed by atoms with van der Waals surface area (Å²) >= 11 is 0. The molecular weight excluding hydrogens is 200 g/mol. The number of aryl methyl sites for hydroxylation is 2. The van der Waals surface area contributed by atoms with E-state index in [1.54, 1.807) is 0 Å². The number of amides is 1. The summed E-state index contributed by atoms with van der Waals surface area (Å²) in [5.41, 5.74) is 3.40. The number of nitrogens with one attached hydrogen (secondary N) is 2. The second-order valence-electron chi connectivity index (χ2n) is 3.97. The molecule has 0 atom stereocenters. The quantitative estimate of drug-likeness (QED) is 0.799. The van der Waals surface area contributed by atoms with Crippen LogP contribution in [0.15, 0.2) is 18.2 Å². The number of rotatable bonds is 5. The Bertz CT molecular complexity index is 341. The molecule has 0 aliphatic heterocycles. The molecule has 0 fully saturated rings. The molecule has 1 rings (SSSR count). The summed E-state index contributed by atoms with van der Waals surface area (Å²) in [5, 5.41) is 6.02. The molecule has 2 N–H and O–H groups in total. The molecule has 0 spiro atoms. The smallest absolute Gasteiger partial charge is 0.239 e. The summed E-state index contributed by atoms with van der Waals surface area (Å²) in [6.07, 6.45) is 0.967. The van der Waals surface area contributed by atoms with Crippen molar-refractivity contribution in [3.05, 3.63) is 29.3 Å². The van der Waals surface area contributed by atoms with Crippen LogP contribution in [0.1, 0.15) is 24.5 Å². The van der Waals surface area contributed by atoms with Crippen molar-refractivity contribution in [3.63, 3.8) is 0 Å². The van der Waals surface area contributed by atoms with E-state index >= 15 is 0 Å². The van der Waals surface area contributed by atoms with Gasteiger partial charge < -0.3 is 10.6 Å². The van der Waals surface area contributed by atoms with Crippen molar-refractivity contribution in [1.29, 1.82) is 0 Å². The Labute approximate surface area is 97.2 Å². The lowest BCUT2D eigenvalue weighted by Gasteiger charge is -2.12. The molecule has 0 aliphatic rings. The molecule has 88 valence electrons. The van der Waals surface area contributed by atoms with Gasteiger partial charge in [0, 0.05) is 12.2 Å². The van der Waals surface area contributed by atoms with Crippen LogP contribution in [-0.2, 0) is 4.79 Å². The number of hydrogen-bond acceptors (Lipinski definition) is 2. The predicted octanol–water partition coefficient (Wildman–Crippen LogP) is 2.24. The van der Waals surface area contributed by atoms with Crippen molar-refractivity contribution in [2.75, 3.05) is 18.4 Å². The molecule has 3 heteroatoms. The number of hydrogen-bond donors (Lipinski definition) is 2. The Morgan fingerprint density at radius 2 is 1.88 bits per heavy atom. The molecule has 3 nitrogen and oxygen atoms in total. The monoisotopic (exact) mass is 220 g/mol. The van der Waals surface area contributed by atoms with E-state index in [1.165, 1.54) is 11.1 Å². The van der Waals surface area contributed by atoms with Crippen LogP contribution in [0.3, 0.4) is 0 Å². The molecule has 0 aliphatic carbocycles. The molecule has 0 saturated heterocycles. The molecule has 0 bridgehead atoms. The summed E-state index contributed by atoms with van der Waals surface area (Å²) in [7, 11) is 0. The fourth-order valence-corrected chi connectivity index (χ4v) is 1.59. The van der Waals surface area contributed by atoms with Crippen LogP contribution in [0.2, 0.25) is 0 Å². The van der Waals surface area contributed by atoms with Crippen LogP contribution in [0.25, 0.3) is 0 Å². The number of para-hydroxylation sites is 1. The number of anilines is 1. The van der Waals surface area contributed by atoms with Gasteiger partial charge in [0.05, 0.1) is 6.54 Å². The van der Waals surface area contributed by atoms with Crippen molar-refractivity contribution in [2.24, 2.45) is 0 Å². The first-order chi connectivity index (χ1) is 7.65. The maximum Gasteiger partial charge on any atom is 0.239 e. The van der Waals surface area contributed by atoms with Gasteiger partial charge in [0.1, 0.15) is 0 Å². The summed E-state index contributed by atoms with van der Waals surface area (Å²) in [6, 6.07) is 6.10. The molecule has 0 heterocycles. The number of carbonyl (C=O) groups is 1. The van der Waals surface area contributed by atoms with Crippen LogP contribution in [0.5, 0.6) is 0 Å². The Kier molecular flexibility index (Phi) is 4.83. The van der Waals surface area contributed by atoms with Gasteiger partial charge in [0.2, 0.25) is 5.91 Å². The summed E-state index contributed by atoms with van der Waals surface area (Å²) in [6.45, 7) is 7.21. The third-order valence-corrected chi connectivity index (χ3v) is 2.48. The largest absolute Gasteiger partial charge is 0.376 e. The maximum absolute atomic E-state index is 11.4. The van der Waals surface area contributed by atoms with E-state index in [9.17, 15) is 4.79 Å². The first kappa shape index (κ1) is 12.6. The molecule has 0 saturated carbocycles. The van der Waals surface area contributed by atoms with Crippen LogP contribution < -0.4 is 10.6 Å². The topological polar surface area (TPSA) is 41.1 Å². The van der Waals surface area contributed by atoms with Crippen molar-refractivity contribution in [1.82, 2.24) is 5.32 Å². The summed E-state index contributed by atoms with van der Waals surface area (Å²) in [5.74, 6) is 0.0458. The van der Waals surface area contributed by atoms with Gasteiger partial charge in [0.25, 0.3) is 0 Å². The molecule has 1 aromatic carbocycles.